The summed E-state index contributed by atoms with van der Waals surface area (Å²) in [6, 6.07) is 0. The van der Waals surface area contributed by atoms with Crippen molar-refractivity contribution < 1.29 is 29.0 Å². The van der Waals surface area contributed by atoms with Gasteiger partial charge in [0.25, 0.3) is 0 Å². The molecule has 7 nitrogen and oxygen atoms in total. The number of hydrogen-bond donors (Lipinski definition) is 2. The number of carbonyl (C=O) groups excluding carboxylic acids is 3. The zero-order valence-electron chi connectivity index (χ0n) is 17.1. The monoisotopic (exact) mass is 401 g/mol. The largest absolute Gasteiger partial charge is 0.465 e. The van der Waals surface area contributed by atoms with Gasteiger partial charge in [-0.05, 0) is 32.4 Å². The van der Waals surface area contributed by atoms with Crippen LogP contribution in [0.2, 0.25) is 0 Å². The molecule has 2 fully saturated rings. The molecular weight excluding hydrogens is 374 g/mol. The minimum absolute atomic E-state index is 0.276. The highest BCUT2D eigenvalue weighted by Crippen LogP contribution is 2.36. The van der Waals surface area contributed by atoms with Crippen LogP contribution in [0.3, 0.4) is 0 Å². The summed E-state index contributed by atoms with van der Waals surface area (Å²) in [5.41, 5.74) is 0.258. The molecule has 0 aromatic rings. The number of amides is 1. The van der Waals surface area contributed by atoms with Gasteiger partial charge in [-0.1, -0.05) is 42.0 Å². The van der Waals surface area contributed by atoms with Gasteiger partial charge in [0.1, 0.15) is 12.0 Å². The number of methoxy groups -OCH3 is 1. The van der Waals surface area contributed by atoms with Gasteiger partial charge in [-0.2, -0.15) is 0 Å². The van der Waals surface area contributed by atoms with Crippen LogP contribution in [0.25, 0.3) is 0 Å². The Balaban J connectivity index is 1.99. The maximum absolute atomic E-state index is 12.6. The van der Waals surface area contributed by atoms with Crippen molar-refractivity contribution in [3.63, 3.8) is 0 Å². The third-order valence-corrected chi connectivity index (χ3v) is 4.89. The summed E-state index contributed by atoms with van der Waals surface area (Å²) in [5, 5.41) is 12.8. The molecule has 0 bridgehead atoms. The van der Waals surface area contributed by atoms with Gasteiger partial charge in [-0.25, -0.2) is 4.79 Å². The number of hydrogen-bond acceptors (Lipinski definition) is 6. The molecule has 2 aliphatic heterocycles. The zero-order chi connectivity index (χ0) is 21.6. The lowest BCUT2D eigenvalue weighted by atomic mass is 9.91. The molecule has 0 aliphatic carbocycles. The van der Waals surface area contributed by atoms with Crippen LogP contribution in [0, 0.1) is 5.92 Å². The summed E-state index contributed by atoms with van der Waals surface area (Å²) < 4.78 is 10.1. The van der Waals surface area contributed by atoms with Crippen LogP contribution in [0.15, 0.2) is 59.3 Å². The average molecular weight is 401 g/mol. The number of allylic oxidation sites excluding steroid dienone is 8. The SMILES string of the molecule is C\C=C(/C=C(C)/C=C/C=C/C=C(\C)C(=O)C1C(=O)N[C@@]2(O)CCO[C@@H]12)C(=O)OC. The summed E-state index contributed by atoms with van der Waals surface area (Å²) in [6.07, 6.45) is 11.4. The number of nitrogens with one attached hydrogen (secondary N) is 1. The third-order valence-electron chi connectivity index (χ3n) is 4.89. The number of Topliss-reactive ketones (excluding diaryl/α,β-unsaturated/α-hetero) is 1. The quantitative estimate of drug-likeness (QED) is 0.292. The van der Waals surface area contributed by atoms with Gasteiger partial charge in [0.2, 0.25) is 5.91 Å². The lowest BCUT2D eigenvalue weighted by molar-refractivity contribution is -0.136. The van der Waals surface area contributed by atoms with E-state index in [2.05, 4.69) is 5.32 Å². The van der Waals surface area contributed by atoms with Crippen LogP contribution in [-0.2, 0) is 23.9 Å². The predicted octanol–water partition coefficient (Wildman–Crippen LogP) is 1.90. The smallest absolute Gasteiger partial charge is 0.337 e. The first kappa shape index (κ1) is 22.5. The van der Waals surface area contributed by atoms with Crippen molar-refractivity contribution in [3.8, 4) is 0 Å². The lowest BCUT2D eigenvalue weighted by Crippen LogP contribution is -2.45. The van der Waals surface area contributed by atoms with Crippen LogP contribution in [0.5, 0.6) is 0 Å². The molecule has 0 aromatic heterocycles. The molecule has 2 rings (SSSR count). The van der Waals surface area contributed by atoms with Crippen molar-refractivity contribution in [2.75, 3.05) is 13.7 Å². The molecule has 0 spiro atoms. The van der Waals surface area contributed by atoms with E-state index in [-0.39, 0.29) is 12.2 Å². The molecule has 2 aliphatic rings. The van der Waals surface area contributed by atoms with Crippen molar-refractivity contribution in [1.29, 1.82) is 0 Å². The van der Waals surface area contributed by atoms with Crippen molar-refractivity contribution in [3.05, 3.63) is 59.3 Å². The molecule has 3 atom stereocenters. The Hall–Kier alpha value is -2.77. The molecule has 2 heterocycles. The number of rotatable bonds is 7. The molecular formula is C22H27NO6. The topological polar surface area (TPSA) is 102 Å². The summed E-state index contributed by atoms with van der Waals surface area (Å²) >= 11 is 0. The van der Waals surface area contributed by atoms with E-state index in [9.17, 15) is 19.5 Å². The van der Waals surface area contributed by atoms with E-state index in [0.29, 0.717) is 17.8 Å². The van der Waals surface area contributed by atoms with Gasteiger partial charge in [0.05, 0.1) is 19.3 Å². The van der Waals surface area contributed by atoms with Gasteiger partial charge in [0, 0.05) is 6.42 Å². The lowest BCUT2D eigenvalue weighted by Gasteiger charge is -2.21. The van der Waals surface area contributed by atoms with Gasteiger partial charge >= 0.3 is 5.97 Å². The Labute approximate surface area is 170 Å². The maximum atomic E-state index is 12.6. The second-order valence-electron chi connectivity index (χ2n) is 7.01. The van der Waals surface area contributed by atoms with Crippen LogP contribution >= 0.6 is 0 Å². The Morgan fingerprint density at radius 1 is 1.28 bits per heavy atom. The fourth-order valence-corrected chi connectivity index (χ4v) is 3.28. The van der Waals surface area contributed by atoms with E-state index in [1.54, 1.807) is 50.3 Å². The van der Waals surface area contributed by atoms with E-state index < -0.39 is 29.6 Å². The second-order valence-corrected chi connectivity index (χ2v) is 7.01. The summed E-state index contributed by atoms with van der Waals surface area (Å²) in [7, 11) is 1.33. The van der Waals surface area contributed by atoms with Crippen LogP contribution in [0.4, 0.5) is 0 Å². The number of esters is 1. The van der Waals surface area contributed by atoms with Crippen molar-refractivity contribution in [1.82, 2.24) is 5.32 Å². The number of carbonyl (C=O) groups is 3. The molecule has 1 amide bonds. The molecule has 2 N–H and O–H groups in total. The Kier molecular flexibility index (Phi) is 7.47. The predicted molar refractivity (Wildman–Crippen MR) is 108 cm³/mol. The fraction of sp³-hybridized carbons (Fsp3) is 0.409. The standard InChI is InChI=1S/C22H27NO6/c1-5-16(21(26)28-4)13-14(2)9-7-6-8-10-15(3)18(24)17-19-22(27,11-12-29-19)23-20(17)25/h5-10,13,17,19,27H,11-12H2,1-4H3,(H,23,25)/b8-6+,9-7+,14-13+,15-10+,16-5+/t17?,19-,22+/m0/s1. The van der Waals surface area contributed by atoms with Crippen molar-refractivity contribution in [2.45, 2.75) is 39.0 Å². The van der Waals surface area contributed by atoms with Gasteiger partial charge in [-0.3, -0.25) is 9.59 Å². The number of aliphatic hydroxyl groups is 1. The number of ether oxygens (including phenoxy) is 2. The third kappa shape index (κ3) is 5.19. The van der Waals surface area contributed by atoms with Crippen LogP contribution < -0.4 is 5.32 Å². The highest BCUT2D eigenvalue weighted by atomic mass is 16.5. The fourth-order valence-electron chi connectivity index (χ4n) is 3.28. The van der Waals surface area contributed by atoms with Crippen LogP contribution in [0.1, 0.15) is 27.2 Å². The Morgan fingerprint density at radius 2 is 2.00 bits per heavy atom. The molecule has 29 heavy (non-hydrogen) atoms. The Bertz CT molecular complexity index is 832. The summed E-state index contributed by atoms with van der Waals surface area (Å²) in [6.45, 7) is 5.53. The van der Waals surface area contributed by atoms with Crippen LogP contribution in [-0.4, -0.2) is 48.3 Å². The van der Waals surface area contributed by atoms with Gasteiger partial charge in [-0.15, -0.1) is 0 Å². The number of fused-ring (bicyclic) bond motifs is 1. The number of ketones is 1. The molecule has 0 radical (unpaired) electrons. The van der Waals surface area contributed by atoms with Crippen molar-refractivity contribution >= 4 is 17.7 Å². The average Bonchev–Trinajstić information content (AvgIpc) is 3.16. The van der Waals surface area contributed by atoms with Gasteiger partial charge < -0.3 is 19.9 Å². The van der Waals surface area contributed by atoms with E-state index in [0.717, 1.165) is 5.57 Å². The van der Waals surface area contributed by atoms with E-state index >= 15 is 0 Å². The first-order chi connectivity index (χ1) is 13.7. The second kappa shape index (κ2) is 9.62. The molecule has 2 saturated heterocycles. The summed E-state index contributed by atoms with van der Waals surface area (Å²) in [4.78, 5) is 36.3. The molecule has 0 saturated carbocycles. The van der Waals surface area contributed by atoms with E-state index in [4.69, 9.17) is 9.47 Å². The minimum Gasteiger partial charge on any atom is -0.465 e. The highest BCUT2D eigenvalue weighted by Gasteiger charge is 2.58. The van der Waals surface area contributed by atoms with Crippen molar-refractivity contribution in [2.24, 2.45) is 5.92 Å². The maximum Gasteiger partial charge on any atom is 0.337 e. The normalized spacial score (nSPS) is 28.2. The Morgan fingerprint density at radius 3 is 2.66 bits per heavy atom. The molecule has 1 unspecified atom stereocenters. The van der Waals surface area contributed by atoms with E-state index in [1.165, 1.54) is 7.11 Å². The molecule has 7 heteroatoms. The highest BCUT2D eigenvalue weighted by molar-refractivity contribution is 6.11. The zero-order valence-corrected chi connectivity index (χ0v) is 17.1. The first-order valence-corrected chi connectivity index (χ1v) is 9.38. The molecule has 156 valence electrons. The summed E-state index contributed by atoms with van der Waals surface area (Å²) in [5.74, 6) is -2.32. The van der Waals surface area contributed by atoms with E-state index in [1.807, 2.05) is 13.0 Å². The molecule has 0 aromatic carbocycles. The minimum atomic E-state index is -1.45. The first-order valence-electron chi connectivity index (χ1n) is 9.38. The van der Waals surface area contributed by atoms with Gasteiger partial charge in [0.15, 0.2) is 11.5 Å².